The van der Waals surface area contributed by atoms with Crippen LogP contribution in [0.1, 0.15) is 72.6 Å². The summed E-state index contributed by atoms with van der Waals surface area (Å²) in [6.07, 6.45) is 6.31. The molecule has 0 radical (unpaired) electrons. The maximum absolute atomic E-state index is 11.6. The van der Waals surface area contributed by atoms with E-state index in [1.807, 2.05) is 27.7 Å². The lowest BCUT2D eigenvalue weighted by Gasteiger charge is -2.08. The molecule has 0 spiro atoms. The van der Waals surface area contributed by atoms with Crippen LogP contribution in [0.4, 0.5) is 0 Å². The number of rotatable bonds is 13. The number of hydrogen-bond donors (Lipinski definition) is 1. The molecule has 0 unspecified atom stereocenters. The van der Waals surface area contributed by atoms with Crippen molar-refractivity contribution in [1.29, 1.82) is 0 Å². The number of carbonyl (C=O) groups excluding carboxylic acids is 2. The predicted molar refractivity (Wildman–Crippen MR) is 86.3 cm³/mol. The zero-order valence-corrected chi connectivity index (χ0v) is 14.2. The van der Waals surface area contributed by atoms with Crippen molar-refractivity contribution >= 4 is 11.7 Å². The number of amides is 1. The average molecular weight is 299 g/mol. The van der Waals surface area contributed by atoms with Gasteiger partial charge in [0.25, 0.3) is 0 Å². The number of Topliss-reactive ketones (excluding diaryl/α,β-unsaturated/α-hetero) is 1. The Hall–Kier alpha value is -0.900. The van der Waals surface area contributed by atoms with E-state index in [9.17, 15) is 9.59 Å². The van der Waals surface area contributed by atoms with Crippen LogP contribution in [0.2, 0.25) is 0 Å². The molecule has 21 heavy (non-hydrogen) atoms. The molecule has 0 aromatic carbocycles. The largest absolute Gasteiger partial charge is 0.379 e. The van der Waals surface area contributed by atoms with E-state index in [4.69, 9.17) is 4.74 Å². The zero-order chi connectivity index (χ0) is 16.1. The van der Waals surface area contributed by atoms with Gasteiger partial charge in [-0.3, -0.25) is 9.59 Å². The predicted octanol–water partition coefficient (Wildman–Crippen LogP) is 3.48. The molecule has 0 heterocycles. The van der Waals surface area contributed by atoms with E-state index < -0.39 is 0 Å². The minimum Gasteiger partial charge on any atom is -0.379 e. The van der Waals surface area contributed by atoms with Crippen LogP contribution in [-0.4, -0.2) is 30.9 Å². The van der Waals surface area contributed by atoms with Gasteiger partial charge in [0.15, 0.2) is 0 Å². The lowest BCUT2D eigenvalue weighted by atomic mass is 10.0. The average Bonchev–Trinajstić information content (AvgIpc) is 2.41. The molecule has 0 fully saturated rings. The fourth-order valence-electron chi connectivity index (χ4n) is 1.93. The van der Waals surface area contributed by atoms with Crippen LogP contribution in [0.3, 0.4) is 0 Å². The summed E-state index contributed by atoms with van der Waals surface area (Å²) >= 11 is 0. The summed E-state index contributed by atoms with van der Waals surface area (Å²) in [5.41, 5.74) is 0. The third kappa shape index (κ3) is 13.8. The van der Waals surface area contributed by atoms with Crippen LogP contribution >= 0.6 is 0 Å². The molecule has 1 amide bonds. The second-order valence-electron chi connectivity index (χ2n) is 6.16. The van der Waals surface area contributed by atoms with Crippen LogP contribution in [0.15, 0.2) is 0 Å². The summed E-state index contributed by atoms with van der Waals surface area (Å²) in [7, 11) is 0. The summed E-state index contributed by atoms with van der Waals surface area (Å²) in [5.74, 6) is 0.383. The molecular weight excluding hydrogens is 266 g/mol. The molecule has 0 aliphatic rings. The first-order valence-electron chi connectivity index (χ1n) is 8.34. The Morgan fingerprint density at radius 3 is 2.19 bits per heavy atom. The maximum atomic E-state index is 11.6. The Labute approximate surface area is 130 Å². The van der Waals surface area contributed by atoms with E-state index in [1.165, 1.54) is 0 Å². The van der Waals surface area contributed by atoms with Gasteiger partial charge in [0.05, 0.1) is 6.10 Å². The fourth-order valence-corrected chi connectivity index (χ4v) is 1.93. The van der Waals surface area contributed by atoms with E-state index in [2.05, 4.69) is 5.32 Å². The second-order valence-corrected chi connectivity index (χ2v) is 6.16. The van der Waals surface area contributed by atoms with Gasteiger partial charge >= 0.3 is 0 Å². The van der Waals surface area contributed by atoms with Crippen molar-refractivity contribution in [2.45, 2.75) is 78.7 Å². The summed E-state index contributed by atoms with van der Waals surface area (Å²) in [4.78, 5) is 23.0. The molecule has 0 aromatic rings. The van der Waals surface area contributed by atoms with Gasteiger partial charge in [-0.15, -0.1) is 0 Å². The molecule has 0 aromatic heterocycles. The quantitative estimate of drug-likeness (QED) is 0.530. The SMILES string of the molecule is CC(C)OCCCCCCNC(=O)CCCC(=O)C(C)C. The second kappa shape index (κ2) is 12.8. The van der Waals surface area contributed by atoms with Crippen molar-refractivity contribution in [3.05, 3.63) is 0 Å². The highest BCUT2D eigenvalue weighted by molar-refractivity contribution is 5.81. The summed E-state index contributed by atoms with van der Waals surface area (Å²) < 4.78 is 5.47. The van der Waals surface area contributed by atoms with E-state index in [0.29, 0.717) is 25.4 Å². The summed E-state index contributed by atoms with van der Waals surface area (Å²) in [6.45, 7) is 9.45. The van der Waals surface area contributed by atoms with Crippen molar-refractivity contribution in [3.8, 4) is 0 Å². The molecule has 0 aliphatic carbocycles. The Balaban J connectivity index is 3.32. The summed E-state index contributed by atoms with van der Waals surface area (Å²) in [6, 6.07) is 0. The smallest absolute Gasteiger partial charge is 0.220 e. The van der Waals surface area contributed by atoms with E-state index in [1.54, 1.807) is 0 Å². The molecule has 0 aliphatic heterocycles. The Kier molecular flexibility index (Phi) is 12.3. The minimum atomic E-state index is 0.0645. The van der Waals surface area contributed by atoms with Gasteiger partial charge in [-0.25, -0.2) is 0 Å². The molecule has 124 valence electrons. The van der Waals surface area contributed by atoms with E-state index in [-0.39, 0.29) is 17.6 Å². The monoisotopic (exact) mass is 299 g/mol. The van der Waals surface area contributed by atoms with Crippen LogP contribution in [0.25, 0.3) is 0 Å². The van der Waals surface area contributed by atoms with Crippen molar-refractivity contribution in [2.24, 2.45) is 5.92 Å². The van der Waals surface area contributed by atoms with Crippen molar-refractivity contribution in [2.75, 3.05) is 13.2 Å². The molecule has 0 rings (SSSR count). The Bertz CT molecular complexity index is 288. The van der Waals surface area contributed by atoms with Gasteiger partial charge in [0.2, 0.25) is 5.91 Å². The highest BCUT2D eigenvalue weighted by atomic mass is 16.5. The van der Waals surface area contributed by atoms with Gasteiger partial charge in [-0.05, 0) is 33.1 Å². The molecule has 1 N–H and O–H groups in total. The first-order chi connectivity index (χ1) is 9.93. The third-order valence-electron chi connectivity index (χ3n) is 3.32. The Morgan fingerprint density at radius 2 is 1.57 bits per heavy atom. The van der Waals surface area contributed by atoms with Gasteiger partial charge < -0.3 is 10.1 Å². The zero-order valence-electron chi connectivity index (χ0n) is 14.2. The standard InChI is InChI=1S/C17H33NO3/c1-14(2)16(19)10-9-11-17(20)18-12-7-5-6-8-13-21-15(3)4/h14-15H,5-13H2,1-4H3,(H,18,20). The first-order valence-corrected chi connectivity index (χ1v) is 8.34. The molecule has 4 heteroatoms. The minimum absolute atomic E-state index is 0.0645. The molecule has 0 saturated heterocycles. The van der Waals surface area contributed by atoms with Crippen LogP contribution < -0.4 is 5.32 Å². The molecule has 0 saturated carbocycles. The lowest BCUT2D eigenvalue weighted by molar-refractivity contribution is -0.122. The number of unbranched alkanes of at least 4 members (excludes halogenated alkanes) is 3. The van der Waals surface area contributed by atoms with Crippen LogP contribution in [0, 0.1) is 5.92 Å². The van der Waals surface area contributed by atoms with E-state index >= 15 is 0 Å². The van der Waals surface area contributed by atoms with Gasteiger partial charge in [-0.1, -0.05) is 26.7 Å². The summed E-state index contributed by atoms with van der Waals surface area (Å²) in [5, 5.41) is 2.91. The van der Waals surface area contributed by atoms with Gasteiger partial charge in [-0.2, -0.15) is 0 Å². The highest BCUT2D eigenvalue weighted by Crippen LogP contribution is 2.04. The number of carbonyl (C=O) groups is 2. The fraction of sp³-hybridized carbons (Fsp3) is 0.882. The molecule has 4 nitrogen and oxygen atoms in total. The maximum Gasteiger partial charge on any atom is 0.220 e. The van der Waals surface area contributed by atoms with Crippen LogP contribution in [-0.2, 0) is 14.3 Å². The number of ether oxygens (including phenoxy) is 1. The highest BCUT2D eigenvalue weighted by Gasteiger charge is 2.08. The van der Waals surface area contributed by atoms with Crippen molar-refractivity contribution in [3.63, 3.8) is 0 Å². The number of ketones is 1. The van der Waals surface area contributed by atoms with Gasteiger partial charge in [0, 0.05) is 31.9 Å². The van der Waals surface area contributed by atoms with Crippen molar-refractivity contribution < 1.29 is 14.3 Å². The first kappa shape index (κ1) is 20.1. The normalized spacial score (nSPS) is 11.1. The topological polar surface area (TPSA) is 55.4 Å². The molecule has 0 bridgehead atoms. The third-order valence-corrected chi connectivity index (χ3v) is 3.32. The molecule has 0 atom stereocenters. The lowest BCUT2D eigenvalue weighted by Crippen LogP contribution is -2.24. The van der Waals surface area contributed by atoms with Gasteiger partial charge in [0.1, 0.15) is 5.78 Å². The molecular formula is C17H33NO3. The number of nitrogens with one attached hydrogen (secondary N) is 1. The van der Waals surface area contributed by atoms with Crippen molar-refractivity contribution in [1.82, 2.24) is 5.32 Å². The number of hydrogen-bond acceptors (Lipinski definition) is 3. The Morgan fingerprint density at radius 1 is 0.905 bits per heavy atom. The van der Waals surface area contributed by atoms with Crippen LogP contribution in [0.5, 0.6) is 0 Å². The van der Waals surface area contributed by atoms with E-state index in [0.717, 1.165) is 38.8 Å².